The van der Waals surface area contributed by atoms with E-state index in [0.717, 1.165) is 30.9 Å². The van der Waals surface area contributed by atoms with Crippen molar-refractivity contribution in [1.29, 1.82) is 0 Å². The van der Waals surface area contributed by atoms with Gasteiger partial charge in [-0.2, -0.15) is 0 Å². The van der Waals surface area contributed by atoms with E-state index in [9.17, 15) is 14.4 Å². The number of hydrogen-bond acceptors (Lipinski definition) is 7. The second-order valence-corrected chi connectivity index (χ2v) is 13.1. The first-order valence-electron chi connectivity index (χ1n) is 14.0. The van der Waals surface area contributed by atoms with E-state index in [2.05, 4.69) is 36.9 Å². The normalized spacial score (nSPS) is 11.9. The fourth-order valence-corrected chi connectivity index (χ4v) is 6.47. The molecule has 5 aromatic rings. The van der Waals surface area contributed by atoms with Gasteiger partial charge in [0.05, 0.1) is 22.1 Å². The fraction of sp³-hybridized carbons (Fsp3) is 0.118. The van der Waals surface area contributed by atoms with Crippen LogP contribution in [0.5, 0.6) is 5.75 Å². The molecule has 0 saturated carbocycles. The fourth-order valence-electron chi connectivity index (χ4n) is 4.23. The van der Waals surface area contributed by atoms with Crippen molar-refractivity contribution in [3.05, 3.63) is 118 Å². The predicted octanol–water partition coefficient (Wildman–Crippen LogP) is 7.99. The molecule has 0 radical (unpaired) electrons. The number of ether oxygens (including phenoxy) is 1. The van der Waals surface area contributed by atoms with Gasteiger partial charge >= 0.3 is 0 Å². The Hall–Kier alpha value is -4.45. The smallest absolute Gasteiger partial charge is 0.272 e. The highest BCUT2D eigenvalue weighted by Gasteiger charge is 2.19. The Morgan fingerprint density at radius 3 is 2.53 bits per heavy atom. The molecule has 5 rings (SSSR count). The van der Waals surface area contributed by atoms with Gasteiger partial charge in [0.25, 0.3) is 11.8 Å². The highest BCUT2D eigenvalue weighted by molar-refractivity contribution is 9.10. The van der Waals surface area contributed by atoms with Crippen molar-refractivity contribution in [3.8, 4) is 5.75 Å². The molecule has 1 aromatic heterocycles. The molecule has 0 bridgehead atoms. The topological polar surface area (TPSA) is 109 Å². The minimum absolute atomic E-state index is 0.0805. The Bertz CT molecular complexity index is 1880. The summed E-state index contributed by atoms with van der Waals surface area (Å²) in [5.74, 6) is -0.326. The minimum Gasteiger partial charge on any atom is -0.494 e. The number of carbonyl (C=O) groups is 3. The van der Waals surface area contributed by atoms with Crippen molar-refractivity contribution >= 4 is 83.9 Å². The lowest BCUT2D eigenvalue weighted by Gasteiger charge is -2.13. The second-order valence-electron chi connectivity index (χ2n) is 9.75. The van der Waals surface area contributed by atoms with Crippen LogP contribution in [0.2, 0.25) is 0 Å². The van der Waals surface area contributed by atoms with Gasteiger partial charge in [0, 0.05) is 20.6 Å². The van der Waals surface area contributed by atoms with E-state index < -0.39 is 17.1 Å². The highest BCUT2D eigenvalue weighted by atomic mass is 79.9. The zero-order valence-electron chi connectivity index (χ0n) is 24.4. The third-order valence-corrected chi connectivity index (χ3v) is 8.88. The first-order valence-corrected chi connectivity index (χ1v) is 16.5. The van der Waals surface area contributed by atoms with Crippen LogP contribution in [0.4, 0.5) is 10.8 Å². The standard InChI is InChI=1S/C34H29BrN4O4S2/c1-3-43-26-15-16-28-30(20-26)45-34(38-28)39-31(40)21(2)44-27-14-8-13-25(19-27)36-33(42)29(18-22-9-7-12-24(35)17-22)37-32(41)23-10-5-4-6-11-23/h4-21H,3H2,1-2H3,(H,36,42)(H,37,41)(H,38,39,40)/b29-18+. The Labute approximate surface area is 277 Å². The van der Waals surface area contributed by atoms with Gasteiger partial charge in [-0.25, -0.2) is 4.98 Å². The summed E-state index contributed by atoms with van der Waals surface area (Å²) in [4.78, 5) is 44.7. The average Bonchev–Trinajstić information content (AvgIpc) is 3.43. The van der Waals surface area contributed by atoms with Crippen LogP contribution in [0.15, 0.2) is 112 Å². The summed E-state index contributed by atoms with van der Waals surface area (Å²) in [5.41, 5.74) is 2.54. The number of carbonyl (C=O) groups excluding carboxylic acids is 3. The van der Waals surface area contributed by atoms with Gasteiger partial charge in [0.1, 0.15) is 11.4 Å². The number of thioether (sulfide) groups is 1. The Morgan fingerprint density at radius 2 is 1.76 bits per heavy atom. The largest absolute Gasteiger partial charge is 0.494 e. The summed E-state index contributed by atoms with van der Waals surface area (Å²) in [6.07, 6.45) is 1.62. The number of anilines is 2. The molecule has 0 aliphatic rings. The number of benzene rings is 4. The third kappa shape index (κ3) is 8.81. The summed E-state index contributed by atoms with van der Waals surface area (Å²) in [7, 11) is 0. The molecule has 1 unspecified atom stereocenters. The van der Waals surface area contributed by atoms with Gasteiger partial charge in [-0.3, -0.25) is 14.4 Å². The third-order valence-electron chi connectivity index (χ3n) is 6.36. The van der Waals surface area contributed by atoms with Crippen LogP contribution < -0.4 is 20.7 Å². The number of halogens is 1. The zero-order chi connectivity index (χ0) is 31.8. The van der Waals surface area contributed by atoms with Crippen molar-refractivity contribution in [1.82, 2.24) is 10.3 Å². The molecule has 0 aliphatic carbocycles. The number of amides is 3. The van der Waals surface area contributed by atoms with Crippen LogP contribution in [-0.4, -0.2) is 34.6 Å². The summed E-state index contributed by atoms with van der Waals surface area (Å²) in [6, 6.07) is 28.9. The molecule has 1 heterocycles. The summed E-state index contributed by atoms with van der Waals surface area (Å²) in [5, 5.41) is 8.61. The molecule has 3 N–H and O–H groups in total. The van der Waals surface area contributed by atoms with Gasteiger partial charge in [-0.1, -0.05) is 63.7 Å². The van der Waals surface area contributed by atoms with Gasteiger partial charge in [0.15, 0.2) is 5.13 Å². The van der Waals surface area contributed by atoms with Crippen molar-refractivity contribution in [2.45, 2.75) is 24.0 Å². The molecule has 0 saturated heterocycles. The van der Waals surface area contributed by atoms with Crippen molar-refractivity contribution < 1.29 is 19.1 Å². The minimum atomic E-state index is -0.490. The summed E-state index contributed by atoms with van der Waals surface area (Å²) < 4.78 is 7.32. The van der Waals surface area contributed by atoms with Gasteiger partial charge < -0.3 is 20.7 Å². The van der Waals surface area contributed by atoms with E-state index in [-0.39, 0.29) is 11.6 Å². The molecule has 8 nitrogen and oxygen atoms in total. The van der Waals surface area contributed by atoms with Crippen LogP contribution >= 0.6 is 39.0 Å². The molecule has 4 aromatic carbocycles. The van der Waals surface area contributed by atoms with Crippen LogP contribution in [0.3, 0.4) is 0 Å². The first-order chi connectivity index (χ1) is 21.8. The van der Waals surface area contributed by atoms with Gasteiger partial charge in [-0.15, -0.1) is 11.8 Å². The maximum absolute atomic E-state index is 13.5. The SMILES string of the molecule is CCOc1ccc2nc(NC(=O)C(C)Sc3cccc(NC(=O)/C(=C\c4cccc(Br)c4)NC(=O)c4ccccc4)c3)sc2c1. The van der Waals surface area contributed by atoms with Crippen molar-refractivity contribution in [2.75, 3.05) is 17.2 Å². The Morgan fingerprint density at radius 1 is 0.956 bits per heavy atom. The lowest BCUT2D eigenvalue weighted by molar-refractivity contribution is -0.115. The van der Waals surface area contributed by atoms with Crippen LogP contribution in [-0.2, 0) is 9.59 Å². The van der Waals surface area contributed by atoms with Crippen LogP contribution in [0.25, 0.3) is 16.3 Å². The zero-order valence-corrected chi connectivity index (χ0v) is 27.6. The highest BCUT2D eigenvalue weighted by Crippen LogP contribution is 2.31. The molecule has 0 aliphatic heterocycles. The maximum Gasteiger partial charge on any atom is 0.272 e. The molecule has 0 fully saturated rings. The Kier molecular flexibility index (Phi) is 10.7. The Balaban J connectivity index is 1.26. The van der Waals surface area contributed by atoms with Gasteiger partial charge in [0.2, 0.25) is 5.91 Å². The molecule has 3 amide bonds. The molecule has 45 heavy (non-hydrogen) atoms. The number of rotatable bonds is 11. The van der Waals surface area contributed by atoms with Crippen molar-refractivity contribution in [3.63, 3.8) is 0 Å². The van der Waals surface area contributed by atoms with E-state index in [1.165, 1.54) is 23.1 Å². The lowest BCUT2D eigenvalue weighted by atomic mass is 10.1. The van der Waals surface area contributed by atoms with E-state index >= 15 is 0 Å². The van der Waals surface area contributed by atoms with Crippen molar-refractivity contribution in [2.24, 2.45) is 0 Å². The predicted molar refractivity (Wildman–Crippen MR) is 186 cm³/mol. The molecular weight excluding hydrogens is 672 g/mol. The average molecular weight is 702 g/mol. The monoisotopic (exact) mass is 700 g/mol. The van der Waals surface area contributed by atoms with E-state index in [1.807, 2.05) is 68.4 Å². The van der Waals surface area contributed by atoms with E-state index in [4.69, 9.17) is 4.74 Å². The summed E-state index contributed by atoms with van der Waals surface area (Å²) >= 11 is 6.19. The summed E-state index contributed by atoms with van der Waals surface area (Å²) in [6.45, 7) is 4.31. The number of nitrogens with zero attached hydrogens (tertiary/aromatic N) is 1. The maximum atomic E-state index is 13.5. The lowest BCUT2D eigenvalue weighted by Crippen LogP contribution is -2.30. The number of fused-ring (bicyclic) bond motifs is 1. The number of hydrogen-bond donors (Lipinski definition) is 3. The second kappa shape index (κ2) is 15.0. The molecular formula is C34H29BrN4O4S2. The number of nitrogens with one attached hydrogen (secondary N) is 3. The van der Waals surface area contributed by atoms with Gasteiger partial charge in [-0.05, 0) is 86.2 Å². The number of aromatic nitrogens is 1. The van der Waals surface area contributed by atoms with E-state index in [1.54, 1.807) is 48.5 Å². The first kappa shape index (κ1) is 32.0. The van der Waals surface area contributed by atoms with Crippen LogP contribution in [0.1, 0.15) is 29.8 Å². The molecule has 11 heteroatoms. The quantitative estimate of drug-likeness (QED) is 0.0952. The molecule has 228 valence electrons. The van der Waals surface area contributed by atoms with Crippen LogP contribution in [0, 0.1) is 0 Å². The molecule has 1 atom stereocenters. The molecule has 0 spiro atoms. The number of thiazole rings is 1. The van der Waals surface area contributed by atoms with E-state index in [0.29, 0.717) is 23.0 Å².